The van der Waals surface area contributed by atoms with Crippen LogP contribution >= 0.6 is 35.0 Å². The van der Waals surface area contributed by atoms with E-state index in [2.05, 4.69) is 29.0 Å². The van der Waals surface area contributed by atoms with E-state index < -0.39 is 0 Å². The fourth-order valence-electron chi connectivity index (χ4n) is 2.72. The Morgan fingerprint density at radius 2 is 1.97 bits per heavy atom. The van der Waals surface area contributed by atoms with Crippen LogP contribution in [0.1, 0.15) is 18.3 Å². The lowest BCUT2D eigenvalue weighted by molar-refractivity contribution is -0.113. The van der Waals surface area contributed by atoms with Gasteiger partial charge in [-0.15, -0.1) is 16.8 Å². The Bertz CT molecular complexity index is 1050. The Balaban J connectivity index is 1.60. The summed E-state index contributed by atoms with van der Waals surface area (Å²) >= 11 is 13.2. The number of allylic oxidation sites excluding steroid dienone is 1. The highest BCUT2D eigenvalue weighted by Gasteiger charge is 2.14. The summed E-state index contributed by atoms with van der Waals surface area (Å²) in [5.41, 5.74) is 1.83. The number of aromatic nitrogens is 3. The lowest BCUT2D eigenvalue weighted by Crippen LogP contribution is -2.15. The number of anilines is 1. The monoisotopic (exact) mass is 476 g/mol. The smallest absolute Gasteiger partial charge is 0.234 e. The molecule has 0 saturated carbocycles. The summed E-state index contributed by atoms with van der Waals surface area (Å²) in [6.45, 7) is 6.68. The van der Waals surface area contributed by atoms with Crippen LogP contribution in [0.25, 0.3) is 0 Å². The van der Waals surface area contributed by atoms with Gasteiger partial charge in [-0.25, -0.2) is 0 Å². The van der Waals surface area contributed by atoms with Gasteiger partial charge in [0.2, 0.25) is 5.91 Å². The number of rotatable bonds is 10. The third kappa shape index (κ3) is 6.50. The van der Waals surface area contributed by atoms with Crippen molar-refractivity contribution in [2.24, 2.45) is 0 Å². The van der Waals surface area contributed by atoms with Crippen molar-refractivity contribution >= 4 is 46.6 Å². The van der Waals surface area contributed by atoms with Crippen LogP contribution in [-0.2, 0) is 24.4 Å². The third-order valence-electron chi connectivity index (χ3n) is 4.34. The van der Waals surface area contributed by atoms with E-state index in [9.17, 15) is 4.79 Å². The van der Waals surface area contributed by atoms with Gasteiger partial charge in [0.15, 0.2) is 11.0 Å². The van der Waals surface area contributed by atoms with E-state index in [1.165, 1.54) is 17.3 Å². The minimum absolute atomic E-state index is 0.162. The zero-order valence-electron chi connectivity index (χ0n) is 17.0. The molecular weight excluding hydrogens is 455 g/mol. The number of carbonyl (C=O) groups excluding carboxylic acids is 1. The molecule has 2 aromatic carbocycles. The molecule has 0 saturated heterocycles. The first-order valence-corrected chi connectivity index (χ1v) is 11.4. The number of nitrogens with one attached hydrogen (secondary N) is 1. The number of hydrogen-bond acceptors (Lipinski definition) is 5. The predicted octanol–water partition coefficient (Wildman–Crippen LogP) is 5.64. The van der Waals surface area contributed by atoms with Crippen LogP contribution < -0.4 is 10.1 Å². The second-order valence-electron chi connectivity index (χ2n) is 6.55. The van der Waals surface area contributed by atoms with Crippen LogP contribution in [0.3, 0.4) is 0 Å². The number of benzene rings is 2. The van der Waals surface area contributed by atoms with Gasteiger partial charge in [-0.05, 0) is 42.3 Å². The fraction of sp³-hybridized carbons (Fsp3) is 0.227. The van der Waals surface area contributed by atoms with Crippen LogP contribution in [0, 0.1) is 0 Å². The van der Waals surface area contributed by atoms with E-state index in [0.29, 0.717) is 33.3 Å². The molecular formula is C22H22Cl2N4O2S. The van der Waals surface area contributed by atoms with E-state index in [1.807, 2.05) is 28.8 Å². The maximum Gasteiger partial charge on any atom is 0.234 e. The van der Waals surface area contributed by atoms with Crippen molar-refractivity contribution in [3.63, 3.8) is 0 Å². The van der Waals surface area contributed by atoms with Crippen molar-refractivity contribution in [2.75, 3.05) is 11.1 Å². The maximum atomic E-state index is 12.3. The first-order valence-electron chi connectivity index (χ1n) is 9.62. The number of carbonyl (C=O) groups is 1. The number of ether oxygens (including phenoxy) is 1. The van der Waals surface area contributed by atoms with E-state index >= 15 is 0 Å². The zero-order chi connectivity index (χ0) is 22.2. The summed E-state index contributed by atoms with van der Waals surface area (Å²) in [6, 6.07) is 12.9. The topological polar surface area (TPSA) is 69.0 Å². The molecule has 0 aliphatic carbocycles. The fourth-order valence-corrected chi connectivity index (χ4v) is 3.78. The predicted molar refractivity (Wildman–Crippen MR) is 126 cm³/mol. The van der Waals surface area contributed by atoms with Crippen molar-refractivity contribution in [3.8, 4) is 5.75 Å². The number of nitrogens with zero attached hydrogens (tertiary/aromatic N) is 3. The summed E-state index contributed by atoms with van der Waals surface area (Å²) in [7, 11) is 0. The molecule has 0 bridgehead atoms. The minimum Gasteiger partial charge on any atom is -0.486 e. The average Bonchev–Trinajstić information content (AvgIpc) is 3.15. The van der Waals surface area contributed by atoms with Gasteiger partial charge in [0, 0.05) is 12.2 Å². The molecule has 0 aliphatic heterocycles. The van der Waals surface area contributed by atoms with E-state index in [1.54, 1.807) is 24.3 Å². The number of halogens is 2. The van der Waals surface area contributed by atoms with E-state index in [0.717, 1.165) is 12.2 Å². The van der Waals surface area contributed by atoms with Crippen molar-refractivity contribution in [3.05, 3.63) is 76.6 Å². The quantitative estimate of drug-likeness (QED) is 0.302. The Kier molecular flexibility index (Phi) is 8.40. The van der Waals surface area contributed by atoms with Crippen LogP contribution in [0.15, 0.2) is 60.3 Å². The van der Waals surface area contributed by atoms with Crippen molar-refractivity contribution in [1.29, 1.82) is 0 Å². The van der Waals surface area contributed by atoms with Crippen molar-refractivity contribution in [2.45, 2.75) is 31.7 Å². The van der Waals surface area contributed by atoms with Gasteiger partial charge in [-0.3, -0.25) is 9.36 Å². The molecule has 6 nitrogen and oxygen atoms in total. The summed E-state index contributed by atoms with van der Waals surface area (Å²) in [4.78, 5) is 12.3. The first kappa shape index (κ1) is 23.2. The molecule has 31 heavy (non-hydrogen) atoms. The van der Waals surface area contributed by atoms with Gasteiger partial charge in [0.25, 0.3) is 0 Å². The number of aryl methyl sites for hydroxylation is 1. The van der Waals surface area contributed by atoms with Gasteiger partial charge in [0.1, 0.15) is 12.4 Å². The lowest BCUT2D eigenvalue weighted by atomic mass is 10.2. The zero-order valence-corrected chi connectivity index (χ0v) is 19.3. The molecule has 0 aliphatic rings. The number of thioether (sulfide) groups is 1. The second kappa shape index (κ2) is 11.2. The van der Waals surface area contributed by atoms with Gasteiger partial charge in [0.05, 0.1) is 15.8 Å². The molecule has 1 N–H and O–H groups in total. The molecule has 3 aromatic rings. The van der Waals surface area contributed by atoms with Gasteiger partial charge in [-0.1, -0.05) is 60.1 Å². The highest BCUT2D eigenvalue weighted by molar-refractivity contribution is 7.99. The van der Waals surface area contributed by atoms with Gasteiger partial charge < -0.3 is 10.1 Å². The van der Waals surface area contributed by atoms with Gasteiger partial charge >= 0.3 is 0 Å². The minimum atomic E-state index is -0.189. The largest absolute Gasteiger partial charge is 0.486 e. The Labute approximate surface area is 195 Å². The lowest BCUT2D eigenvalue weighted by Gasteiger charge is -2.10. The summed E-state index contributed by atoms with van der Waals surface area (Å²) in [6.07, 6.45) is 2.73. The Morgan fingerprint density at radius 1 is 1.19 bits per heavy atom. The Hall–Kier alpha value is -2.48. The molecule has 3 rings (SSSR count). The highest BCUT2D eigenvalue weighted by atomic mass is 35.5. The van der Waals surface area contributed by atoms with Crippen molar-refractivity contribution in [1.82, 2.24) is 14.8 Å². The standard InChI is InChI=1S/C22H22Cl2N4O2S/c1-3-11-28-20(13-30-17-8-5-15(4-2)6-9-17)26-27-22(28)31-14-21(29)25-16-7-10-18(23)19(24)12-16/h3,5-10,12H,1,4,11,13-14H2,2H3,(H,25,29). The molecule has 1 amide bonds. The van der Waals surface area contributed by atoms with Gasteiger partial charge in [-0.2, -0.15) is 0 Å². The van der Waals surface area contributed by atoms with Crippen LogP contribution in [0.4, 0.5) is 5.69 Å². The first-order chi connectivity index (χ1) is 15.0. The number of amides is 1. The number of hydrogen-bond donors (Lipinski definition) is 1. The maximum absolute atomic E-state index is 12.3. The molecule has 162 valence electrons. The summed E-state index contributed by atoms with van der Waals surface area (Å²) in [5, 5.41) is 12.6. The van der Waals surface area contributed by atoms with Crippen molar-refractivity contribution < 1.29 is 9.53 Å². The normalized spacial score (nSPS) is 10.7. The van der Waals surface area contributed by atoms with Crippen LogP contribution in [-0.4, -0.2) is 26.4 Å². The Morgan fingerprint density at radius 3 is 2.65 bits per heavy atom. The highest BCUT2D eigenvalue weighted by Crippen LogP contribution is 2.25. The molecule has 9 heteroatoms. The molecule has 0 spiro atoms. The molecule has 0 radical (unpaired) electrons. The average molecular weight is 477 g/mol. The molecule has 0 fully saturated rings. The molecule has 0 unspecified atom stereocenters. The summed E-state index contributed by atoms with van der Waals surface area (Å²) < 4.78 is 7.73. The van der Waals surface area contributed by atoms with E-state index in [-0.39, 0.29) is 18.3 Å². The molecule has 1 aromatic heterocycles. The van der Waals surface area contributed by atoms with E-state index in [4.69, 9.17) is 27.9 Å². The second-order valence-corrected chi connectivity index (χ2v) is 8.31. The third-order valence-corrected chi connectivity index (χ3v) is 6.05. The van der Waals surface area contributed by atoms with Crippen LogP contribution in [0.2, 0.25) is 10.0 Å². The van der Waals surface area contributed by atoms with Crippen LogP contribution in [0.5, 0.6) is 5.75 Å². The SMILES string of the molecule is C=CCn1c(COc2ccc(CC)cc2)nnc1SCC(=O)Nc1ccc(Cl)c(Cl)c1. The molecule has 0 atom stereocenters. The molecule has 1 heterocycles. The summed E-state index contributed by atoms with van der Waals surface area (Å²) in [5.74, 6) is 1.40.